The van der Waals surface area contributed by atoms with Crippen molar-refractivity contribution in [1.82, 2.24) is 0 Å². The molecule has 2 nitrogen and oxygen atoms in total. The Morgan fingerprint density at radius 3 is 2.08 bits per heavy atom. The molecule has 0 aromatic heterocycles. The first-order chi connectivity index (χ1) is 6.24. The molecule has 0 atom stereocenters. The lowest BCUT2D eigenvalue weighted by atomic mass is 10.4. The first-order valence-corrected chi connectivity index (χ1v) is 3.90. The van der Waals surface area contributed by atoms with E-state index < -0.39 is 0 Å². The maximum Gasteiger partial charge on any atom is 0.0850 e. The highest BCUT2D eigenvalue weighted by Crippen LogP contribution is 2.03. The number of nitrogens with zero attached hydrogens (tertiary/aromatic N) is 2. The van der Waals surface area contributed by atoms with E-state index >= 15 is 0 Å². The van der Waals surface area contributed by atoms with Gasteiger partial charge in [0.05, 0.1) is 11.4 Å². The fraction of sp³-hybridized carbons (Fsp3) is 0.0909. The van der Waals surface area contributed by atoms with Gasteiger partial charge in [0.15, 0.2) is 0 Å². The molecule has 0 heterocycles. The first-order valence-electron chi connectivity index (χ1n) is 3.90. The Morgan fingerprint density at radius 2 is 1.62 bits per heavy atom. The van der Waals surface area contributed by atoms with E-state index in [4.69, 9.17) is 0 Å². The number of rotatable bonds is 5. The van der Waals surface area contributed by atoms with Gasteiger partial charge in [0.1, 0.15) is 0 Å². The van der Waals surface area contributed by atoms with Crippen LogP contribution in [0.15, 0.2) is 71.7 Å². The molecule has 0 N–H and O–H groups in total. The van der Waals surface area contributed by atoms with Gasteiger partial charge >= 0.3 is 0 Å². The van der Waals surface area contributed by atoms with Gasteiger partial charge in [-0.2, -0.15) is 10.2 Å². The van der Waals surface area contributed by atoms with E-state index in [2.05, 4.69) is 30.0 Å². The second-order valence-corrected chi connectivity index (χ2v) is 2.28. The van der Waals surface area contributed by atoms with Gasteiger partial charge in [-0.15, -0.1) is 0 Å². The minimum atomic E-state index is 0.687. The van der Waals surface area contributed by atoms with Crippen molar-refractivity contribution in [1.29, 1.82) is 0 Å². The van der Waals surface area contributed by atoms with Gasteiger partial charge in [-0.05, 0) is 25.2 Å². The van der Waals surface area contributed by atoms with Crippen LogP contribution >= 0.6 is 0 Å². The molecule has 0 aromatic rings. The predicted octanol–water partition coefficient (Wildman–Crippen LogP) is 3.78. The maximum absolute atomic E-state index is 3.93. The topological polar surface area (TPSA) is 24.7 Å². The number of hydrogen-bond donors (Lipinski definition) is 0. The van der Waals surface area contributed by atoms with E-state index in [1.54, 1.807) is 30.4 Å². The van der Waals surface area contributed by atoms with Crippen molar-refractivity contribution in [2.75, 3.05) is 0 Å². The zero-order valence-corrected chi connectivity index (χ0v) is 7.90. The van der Waals surface area contributed by atoms with Gasteiger partial charge in [0.2, 0.25) is 0 Å². The van der Waals surface area contributed by atoms with Crippen LogP contribution in [0.5, 0.6) is 0 Å². The monoisotopic (exact) mass is 174 g/mol. The molecule has 0 aliphatic carbocycles. The molecule has 0 amide bonds. The SMILES string of the molecule is C=C/C=C(C)/N=N/C(C=C)=C/C=C. The van der Waals surface area contributed by atoms with Crippen molar-refractivity contribution in [3.63, 3.8) is 0 Å². The standard InChI is InChI=1S/C11H14N2/c1-5-8-10(4)12-13-11(7-3)9-6-2/h5-9H,1-3H2,4H3/b10-8+,11-9+,13-12+. The van der Waals surface area contributed by atoms with Crippen LogP contribution in [0.4, 0.5) is 0 Å². The summed E-state index contributed by atoms with van der Waals surface area (Å²) in [7, 11) is 0. The lowest BCUT2D eigenvalue weighted by molar-refractivity contribution is 1.09. The molecule has 0 unspecified atom stereocenters. The molecule has 0 fully saturated rings. The Morgan fingerprint density at radius 1 is 1.00 bits per heavy atom. The van der Waals surface area contributed by atoms with E-state index in [0.29, 0.717) is 5.70 Å². The summed E-state index contributed by atoms with van der Waals surface area (Å²) in [5, 5.41) is 7.86. The van der Waals surface area contributed by atoms with E-state index in [0.717, 1.165) is 5.70 Å². The van der Waals surface area contributed by atoms with Crippen molar-refractivity contribution in [3.05, 3.63) is 61.5 Å². The van der Waals surface area contributed by atoms with Crippen molar-refractivity contribution < 1.29 is 0 Å². The van der Waals surface area contributed by atoms with Gasteiger partial charge < -0.3 is 0 Å². The van der Waals surface area contributed by atoms with Gasteiger partial charge in [-0.1, -0.05) is 31.9 Å². The molecule has 68 valence electrons. The summed E-state index contributed by atoms with van der Waals surface area (Å²) in [5.74, 6) is 0. The van der Waals surface area contributed by atoms with Crippen LogP contribution in [0.25, 0.3) is 0 Å². The van der Waals surface area contributed by atoms with Crippen LogP contribution in [0.3, 0.4) is 0 Å². The second-order valence-electron chi connectivity index (χ2n) is 2.28. The zero-order valence-electron chi connectivity index (χ0n) is 7.90. The fourth-order valence-corrected chi connectivity index (χ4v) is 0.603. The summed E-state index contributed by atoms with van der Waals surface area (Å²) in [6.45, 7) is 12.6. The Labute approximate surface area is 79.4 Å². The van der Waals surface area contributed by atoms with Gasteiger partial charge in [-0.3, -0.25) is 0 Å². The Kier molecular flexibility index (Phi) is 6.06. The van der Waals surface area contributed by atoms with E-state index in [1.807, 2.05) is 6.92 Å². The Bertz CT molecular complexity index is 280. The molecule has 0 saturated heterocycles. The summed E-state index contributed by atoms with van der Waals surface area (Å²) >= 11 is 0. The molecule has 13 heavy (non-hydrogen) atoms. The minimum Gasteiger partial charge on any atom is -0.155 e. The molecule has 0 bridgehead atoms. The molecule has 2 heteroatoms. The highest BCUT2D eigenvalue weighted by atomic mass is 15.1. The number of hydrogen-bond acceptors (Lipinski definition) is 2. The van der Waals surface area contributed by atoms with Crippen LogP contribution in [0.2, 0.25) is 0 Å². The molecule has 0 spiro atoms. The van der Waals surface area contributed by atoms with E-state index in [-0.39, 0.29) is 0 Å². The molecule has 0 radical (unpaired) electrons. The van der Waals surface area contributed by atoms with Gasteiger partial charge in [-0.25, -0.2) is 0 Å². The summed E-state index contributed by atoms with van der Waals surface area (Å²) in [6.07, 6.45) is 8.43. The molecule has 0 aliphatic heterocycles. The molecular weight excluding hydrogens is 160 g/mol. The number of allylic oxidation sites excluding steroid dienone is 6. The lowest BCUT2D eigenvalue weighted by Crippen LogP contribution is -1.70. The lowest BCUT2D eigenvalue weighted by Gasteiger charge is -1.89. The summed E-state index contributed by atoms with van der Waals surface area (Å²) in [6, 6.07) is 0. The number of azo groups is 1. The summed E-state index contributed by atoms with van der Waals surface area (Å²) < 4.78 is 0. The van der Waals surface area contributed by atoms with Crippen LogP contribution in [-0.2, 0) is 0 Å². The molecule has 0 aromatic carbocycles. The smallest absolute Gasteiger partial charge is 0.0850 e. The van der Waals surface area contributed by atoms with Crippen LogP contribution in [-0.4, -0.2) is 0 Å². The third-order valence-electron chi connectivity index (χ3n) is 1.18. The second kappa shape index (κ2) is 6.98. The average Bonchev–Trinajstić information content (AvgIpc) is 2.12. The third-order valence-corrected chi connectivity index (χ3v) is 1.18. The van der Waals surface area contributed by atoms with E-state index in [1.165, 1.54) is 0 Å². The predicted molar refractivity (Wildman–Crippen MR) is 57.3 cm³/mol. The third kappa shape index (κ3) is 5.56. The molecule has 0 saturated carbocycles. The Hall–Kier alpha value is -1.70. The first kappa shape index (κ1) is 11.3. The maximum atomic E-state index is 3.93. The van der Waals surface area contributed by atoms with Crippen molar-refractivity contribution in [3.8, 4) is 0 Å². The summed E-state index contributed by atoms with van der Waals surface area (Å²) in [5.41, 5.74) is 1.48. The quantitative estimate of drug-likeness (QED) is 0.447. The van der Waals surface area contributed by atoms with Crippen molar-refractivity contribution in [2.45, 2.75) is 6.92 Å². The molecule has 0 aliphatic rings. The van der Waals surface area contributed by atoms with Gasteiger partial charge in [0, 0.05) is 0 Å². The summed E-state index contributed by atoms with van der Waals surface area (Å²) in [4.78, 5) is 0. The Balaban J connectivity index is 4.48. The van der Waals surface area contributed by atoms with Crippen molar-refractivity contribution in [2.24, 2.45) is 10.2 Å². The highest BCUT2D eigenvalue weighted by molar-refractivity contribution is 5.19. The minimum absolute atomic E-state index is 0.687. The average molecular weight is 174 g/mol. The van der Waals surface area contributed by atoms with Crippen molar-refractivity contribution >= 4 is 0 Å². The van der Waals surface area contributed by atoms with Crippen LogP contribution in [0, 0.1) is 0 Å². The molecule has 0 rings (SSSR count). The largest absolute Gasteiger partial charge is 0.155 e. The van der Waals surface area contributed by atoms with E-state index in [9.17, 15) is 0 Å². The highest BCUT2D eigenvalue weighted by Gasteiger charge is 1.84. The van der Waals surface area contributed by atoms with Crippen LogP contribution in [0.1, 0.15) is 6.92 Å². The molecular formula is C11H14N2. The fourth-order valence-electron chi connectivity index (χ4n) is 0.603. The van der Waals surface area contributed by atoms with Crippen LogP contribution < -0.4 is 0 Å². The van der Waals surface area contributed by atoms with Gasteiger partial charge in [0.25, 0.3) is 0 Å². The normalized spacial score (nSPS) is 13.0. The zero-order chi connectivity index (χ0) is 10.1.